The average molecular weight is 514 g/mol. The number of halogens is 3. The van der Waals surface area contributed by atoms with E-state index in [1.807, 2.05) is 0 Å². The molecule has 0 N–H and O–H groups in total. The van der Waals surface area contributed by atoms with Crippen LogP contribution in [-0.4, -0.2) is 46.6 Å². The minimum atomic E-state index is -5.02. The summed E-state index contributed by atoms with van der Waals surface area (Å²) in [6.07, 6.45) is -5.02. The van der Waals surface area contributed by atoms with Gasteiger partial charge in [0.2, 0.25) is 0 Å². The van der Waals surface area contributed by atoms with Gasteiger partial charge in [-0.1, -0.05) is 32.9 Å². The number of amides is 1. The molecule has 194 valence electrons. The molecule has 0 unspecified atom stereocenters. The van der Waals surface area contributed by atoms with Gasteiger partial charge in [0.05, 0.1) is 21.3 Å². The standard InChI is InChI=1S/C25H34F3NO5Si/c1-24(2,3)35(7,8)34-20-12-10-18(14-22(20)33-6)16-29(23(30)25(26,27)28)15-17-9-11-19(31-4)21(13-17)32-5/h9-14H,15-16H2,1-8H3. The first kappa shape index (κ1) is 28.4. The fraction of sp³-hybridized carbons (Fsp3) is 0.480. The van der Waals surface area contributed by atoms with E-state index >= 15 is 0 Å². The Morgan fingerprint density at radius 3 is 1.63 bits per heavy atom. The second kappa shape index (κ2) is 10.8. The molecule has 2 aromatic rings. The molecule has 2 rings (SSSR count). The summed E-state index contributed by atoms with van der Waals surface area (Å²) >= 11 is 0. The highest BCUT2D eigenvalue weighted by molar-refractivity contribution is 6.74. The maximum absolute atomic E-state index is 13.4. The van der Waals surface area contributed by atoms with E-state index in [0.717, 1.165) is 4.90 Å². The molecule has 0 saturated carbocycles. The summed E-state index contributed by atoms with van der Waals surface area (Å²) in [5, 5.41) is -0.0496. The van der Waals surface area contributed by atoms with Crippen LogP contribution in [0.4, 0.5) is 13.2 Å². The molecule has 0 aliphatic carbocycles. The molecule has 0 aliphatic heterocycles. The predicted octanol–water partition coefficient (Wildman–Crippen LogP) is 6.19. The van der Waals surface area contributed by atoms with Crippen LogP contribution in [0.2, 0.25) is 18.1 Å². The Morgan fingerprint density at radius 2 is 1.23 bits per heavy atom. The molecule has 0 atom stereocenters. The van der Waals surface area contributed by atoms with Crippen LogP contribution in [0.1, 0.15) is 31.9 Å². The van der Waals surface area contributed by atoms with Crippen molar-refractivity contribution < 1.29 is 36.6 Å². The molecule has 0 heterocycles. The Labute approximate surface area is 206 Å². The van der Waals surface area contributed by atoms with Crippen molar-refractivity contribution in [3.05, 3.63) is 47.5 Å². The first-order valence-electron chi connectivity index (χ1n) is 11.1. The van der Waals surface area contributed by atoms with Crippen LogP contribution in [0.5, 0.6) is 23.0 Å². The van der Waals surface area contributed by atoms with Crippen LogP contribution in [0.25, 0.3) is 0 Å². The van der Waals surface area contributed by atoms with E-state index in [2.05, 4.69) is 33.9 Å². The normalized spacial score (nSPS) is 12.2. The smallest absolute Gasteiger partial charge is 0.471 e. The van der Waals surface area contributed by atoms with Crippen LogP contribution >= 0.6 is 0 Å². The van der Waals surface area contributed by atoms with Gasteiger partial charge in [-0.15, -0.1) is 0 Å². The SMILES string of the molecule is COc1ccc(CN(Cc2ccc(O[Si](C)(C)C(C)(C)C)c(OC)c2)C(=O)C(F)(F)F)cc1OC. The zero-order valence-electron chi connectivity index (χ0n) is 21.5. The summed E-state index contributed by atoms with van der Waals surface area (Å²) in [6.45, 7) is 9.95. The number of hydrogen-bond donors (Lipinski definition) is 0. The Balaban J connectivity index is 2.37. The molecule has 0 aromatic heterocycles. The van der Waals surface area contributed by atoms with E-state index in [1.54, 1.807) is 36.4 Å². The Morgan fingerprint density at radius 1 is 0.800 bits per heavy atom. The molecule has 0 saturated heterocycles. The van der Waals surface area contributed by atoms with Gasteiger partial charge in [-0.05, 0) is 53.5 Å². The second-order valence-electron chi connectivity index (χ2n) is 9.70. The van der Waals surface area contributed by atoms with E-state index in [0.29, 0.717) is 34.1 Å². The number of benzene rings is 2. The highest BCUT2D eigenvalue weighted by Crippen LogP contribution is 2.40. The van der Waals surface area contributed by atoms with Crippen LogP contribution in [0, 0.1) is 0 Å². The first-order chi connectivity index (χ1) is 16.1. The lowest BCUT2D eigenvalue weighted by atomic mass is 10.1. The number of ether oxygens (including phenoxy) is 3. The van der Waals surface area contributed by atoms with E-state index < -0.39 is 20.4 Å². The summed E-state index contributed by atoms with van der Waals surface area (Å²) in [5.74, 6) is -0.215. The molecule has 0 aliphatic rings. The lowest BCUT2D eigenvalue weighted by Crippen LogP contribution is -2.44. The molecule has 0 bridgehead atoms. The van der Waals surface area contributed by atoms with Gasteiger partial charge in [-0.3, -0.25) is 4.79 Å². The minimum Gasteiger partial charge on any atom is -0.541 e. The molecular weight excluding hydrogens is 479 g/mol. The number of carbonyl (C=O) groups is 1. The second-order valence-corrected chi connectivity index (χ2v) is 14.4. The van der Waals surface area contributed by atoms with Crippen molar-refractivity contribution in [2.24, 2.45) is 0 Å². The molecule has 2 aromatic carbocycles. The first-order valence-corrected chi connectivity index (χ1v) is 14.0. The lowest BCUT2D eigenvalue weighted by molar-refractivity contribution is -0.186. The summed E-state index contributed by atoms with van der Waals surface area (Å²) in [5.41, 5.74) is 0.938. The topological polar surface area (TPSA) is 57.2 Å². The molecule has 35 heavy (non-hydrogen) atoms. The highest BCUT2D eigenvalue weighted by atomic mass is 28.4. The van der Waals surface area contributed by atoms with E-state index in [-0.39, 0.29) is 18.1 Å². The zero-order chi connectivity index (χ0) is 26.6. The quantitative estimate of drug-likeness (QED) is 0.375. The summed E-state index contributed by atoms with van der Waals surface area (Å²) < 4.78 is 62.4. The summed E-state index contributed by atoms with van der Waals surface area (Å²) in [7, 11) is 2.19. The fourth-order valence-electron chi connectivity index (χ4n) is 3.12. The van der Waals surface area contributed by atoms with Crippen LogP contribution in [-0.2, 0) is 17.9 Å². The van der Waals surface area contributed by atoms with Gasteiger partial charge >= 0.3 is 12.1 Å². The average Bonchev–Trinajstić information content (AvgIpc) is 2.77. The number of alkyl halides is 3. The Kier molecular flexibility index (Phi) is 8.75. The van der Waals surface area contributed by atoms with E-state index in [1.165, 1.54) is 21.3 Å². The van der Waals surface area contributed by atoms with Crippen molar-refractivity contribution in [3.63, 3.8) is 0 Å². The molecular formula is C25H34F3NO5Si. The van der Waals surface area contributed by atoms with Crippen molar-refractivity contribution in [2.45, 2.75) is 58.2 Å². The van der Waals surface area contributed by atoms with Crippen molar-refractivity contribution in [3.8, 4) is 23.0 Å². The minimum absolute atomic E-state index is 0.0496. The van der Waals surface area contributed by atoms with E-state index in [9.17, 15) is 18.0 Å². The predicted molar refractivity (Wildman–Crippen MR) is 131 cm³/mol. The van der Waals surface area contributed by atoms with Gasteiger partial charge < -0.3 is 23.5 Å². The molecule has 6 nitrogen and oxygen atoms in total. The number of hydrogen-bond acceptors (Lipinski definition) is 5. The van der Waals surface area contributed by atoms with Crippen molar-refractivity contribution in [2.75, 3.05) is 21.3 Å². The number of rotatable bonds is 9. The maximum atomic E-state index is 13.4. The van der Waals surface area contributed by atoms with Gasteiger partial charge in [0, 0.05) is 13.1 Å². The Hall–Kier alpha value is -2.88. The van der Waals surface area contributed by atoms with E-state index in [4.69, 9.17) is 18.6 Å². The number of nitrogens with zero attached hydrogens (tertiary/aromatic N) is 1. The number of carbonyl (C=O) groups excluding carboxylic acids is 1. The molecule has 0 radical (unpaired) electrons. The van der Waals surface area contributed by atoms with Gasteiger partial charge in [0.1, 0.15) is 5.75 Å². The van der Waals surface area contributed by atoms with Crippen molar-refractivity contribution in [1.29, 1.82) is 0 Å². The Bertz CT molecular complexity index is 1030. The van der Waals surface area contributed by atoms with Crippen molar-refractivity contribution >= 4 is 14.2 Å². The van der Waals surface area contributed by atoms with Gasteiger partial charge in [-0.25, -0.2) is 0 Å². The zero-order valence-corrected chi connectivity index (χ0v) is 22.5. The highest BCUT2D eigenvalue weighted by Gasteiger charge is 2.43. The summed E-state index contributed by atoms with van der Waals surface area (Å²) in [6, 6.07) is 9.66. The lowest BCUT2D eigenvalue weighted by Gasteiger charge is -2.36. The summed E-state index contributed by atoms with van der Waals surface area (Å²) in [4.78, 5) is 13.0. The van der Waals surface area contributed by atoms with Gasteiger partial charge in [0.25, 0.3) is 8.32 Å². The number of methoxy groups -OCH3 is 3. The van der Waals surface area contributed by atoms with Gasteiger partial charge in [0.15, 0.2) is 17.2 Å². The third-order valence-electron chi connectivity index (χ3n) is 6.12. The van der Waals surface area contributed by atoms with Gasteiger partial charge in [-0.2, -0.15) is 13.2 Å². The van der Waals surface area contributed by atoms with Crippen LogP contribution < -0.4 is 18.6 Å². The third-order valence-corrected chi connectivity index (χ3v) is 10.5. The van der Waals surface area contributed by atoms with Crippen LogP contribution in [0.15, 0.2) is 36.4 Å². The molecule has 0 fully saturated rings. The van der Waals surface area contributed by atoms with Crippen LogP contribution in [0.3, 0.4) is 0 Å². The molecule has 0 spiro atoms. The maximum Gasteiger partial charge on any atom is 0.471 e. The van der Waals surface area contributed by atoms with Crippen molar-refractivity contribution in [1.82, 2.24) is 4.90 Å². The molecule has 1 amide bonds. The molecule has 10 heteroatoms. The fourth-order valence-corrected chi connectivity index (χ4v) is 4.15. The largest absolute Gasteiger partial charge is 0.541 e. The monoisotopic (exact) mass is 513 g/mol. The third kappa shape index (κ3) is 7.06.